The molecule has 0 spiro atoms. The Balaban J connectivity index is 1.56. The van der Waals surface area contributed by atoms with Crippen molar-refractivity contribution in [2.45, 2.75) is 65.5 Å². The molecule has 7 nitrogen and oxygen atoms in total. The fourth-order valence-electron chi connectivity index (χ4n) is 3.98. The number of carbonyl (C=O) groups excluding carboxylic acids is 1. The molecule has 1 aromatic heterocycles. The van der Waals surface area contributed by atoms with Crippen LogP contribution in [0.15, 0.2) is 10.4 Å². The number of amides is 1. The first-order chi connectivity index (χ1) is 14.3. The minimum atomic E-state index is -0.0316. The minimum Gasteiger partial charge on any atom is -0.357 e. The zero-order valence-electron chi connectivity index (χ0n) is 19.3. The third-order valence-corrected chi connectivity index (χ3v) is 6.79. The van der Waals surface area contributed by atoms with E-state index < -0.39 is 0 Å². The first kappa shape index (κ1) is 23.0. The molecule has 1 atom stereocenters. The van der Waals surface area contributed by atoms with E-state index in [0.717, 1.165) is 75.3 Å². The van der Waals surface area contributed by atoms with Crippen LogP contribution in [-0.4, -0.2) is 83.4 Å². The molecule has 2 saturated heterocycles. The Bertz CT molecular complexity index is 726. The highest BCUT2D eigenvalue weighted by Crippen LogP contribution is 2.24. The van der Waals surface area contributed by atoms with Gasteiger partial charge in [-0.3, -0.25) is 9.69 Å². The number of hydrogen-bond donors (Lipinski definition) is 1. The monoisotopic (exact) mass is 434 g/mol. The third-order valence-electron chi connectivity index (χ3n) is 5.96. The number of piperazine rings is 1. The molecule has 0 aromatic carbocycles. The fourth-order valence-corrected chi connectivity index (χ4v) is 4.92. The van der Waals surface area contributed by atoms with Gasteiger partial charge in [-0.25, -0.2) is 9.98 Å². The van der Waals surface area contributed by atoms with Gasteiger partial charge in [0.25, 0.3) is 0 Å². The predicted molar refractivity (Wildman–Crippen MR) is 124 cm³/mol. The average Bonchev–Trinajstić information content (AvgIpc) is 3.42. The quantitative estimate of drug-likeness (QED) is 0.570. The summed E-state index contributed by atoms with van der Waals surface area (Å²) in [5, 5.41) is 6.63. The summed E-state index contributed by atoms with van der Waals surface area (Å²) in [5.74, 6) is 1.24. The van der Waals surface area contributed by atoms with E-state index in [4.69, 9.17) is 9.98 Å². The topological polar surface area (TPSA) is 64.1 Å². The molecule has 1 unspecified atom stereocenters. The average molecular weight is 435 g/mol. The summed E-state index contributed by atoms with van der Waals surface area (Å²) in [7, 11) is 0. The van der Waals surface area contributed by atoms with Crippen LogP contribution >= 0.6 is 11.3 Å². The van der Waals surface area contributed by atoms with Crippen LogP contribution in [0.25, 0.3) is 0 Å². The van der Waals surface area contributed by atoms with Crippen LogP contribution < -0.4 is 5.32 Å². The van der Waals surface area contributed by atoms with E-state index in [9.17, 15) is 4.79 Å². The van der Waals surface area contributed by atoms with Crippen molar-refractivity contribution in [3.05, 3.63) is 16.1 Å². The van der Waals surface area contributed by atoms with Gasteiger partial charge in [0, 0.05) is 56.6 Å². The molecular formula is C22H38N6OS. The van der Waals surface area contributed by atoms with Crippen LogP contribution in [0.5, 0.6) is 0 Å². The first-order valence-corrected chi connectivity index (χ1v) is 12.2. The number of guanidine groups is 1. The Morgan fingerprint density at radius 1 is 1.17 bits per heavy atom. The van der Waals surface area contributed by atoms with E-state index in [-0.39, 0.29) is 11.5 Å². The van der Waals surface area contributed by atoms with Crippen molar-refractivity contribution in [2.24, 2.45) is 4.99 Å². The molecule has 168 valence electrons. The smallest absolute Gasteiger partial charge is 0.239 e. The molecule has 30 heavy (non-hydrogen) atoms. The Labute approximate surface area is 185 Å². The summed E-state index contributed by atoms with van der Waals surface area (Å²) in [6, 6.07) is -0.0316. The molecule has 8 heteroatoms. The van der Waals surface area contributed by atoms with E-state index in [1.807, 2.05) is 4.90 Å². The van der Waals surface area contributed by atoms with E-state index >= 15 is 0 Å². The molecule has 2 aliphatic heterocycles. The highest BCUT2D eigenvalue weighted by atomic mass is 32.1. The second-order valence-electron chi connectivity index (χ2n) is 9.28. The maximum atomic E-state index is 12.7. The molecule has 3 heterocycles. The summed E-state index contributed by atoms with van der Waals surface area (Å²) in [6.07, 6.45) is 2.29. The van der Waals surface area contributed by atoms with Crippen molar-refractivity contribution in [1.29, 1.82) is 0 Å². The Kier molecular flexibility index (Phi) is 7.74. The van der Waals surface area contributed by atoms with Crippen molar-refractivity contribution in [3.63, 3.8) is 0 Å². The molecule has 1 amide bonds. The normalized spacial score (nSPS) is 20.0. The van der Waals surface area contributed by atoms with Gasteiger partial charge in [-0.1, -0.05) is 20.8 Å². The van der Waals surface area contributed by atoms with Gasteiger partial charge in [0.05, 0.1) is 18.3 Å². The summed E-state index contributed by atoms with van der Waals surface area (Å²) in [6.45, 7) is 17.6. The highest BCUT2D eigenvalue weighted by molar-refractivity contribution is 7.09. The second-order valence-corrected chi connectivity index (χ2v) is 10.2. The molecule has 0 radical (unpaired) electrons. The van der Waals surface area contributed by atoms with Gasteiger partial charge in [0.15, 0.2) is 5.96 Å². The molecule has 2 fully saturated rings. The molecule has 0 aliphatic carbocycles. The van der Waals surface area contributed by atoms with Crippen LogP contribution in [-0.2, 0) is 16.8 Å². The van der Waals surface area contributed by atoms with E-state index in [2.05, 4.69) is 55.1 Å². The minimum absolute atomic E-state index is 0.0316. The molecular weight excluding hydrogens is 396 g/mol. The van der Waals surface area contributed by atoms with Crippen molar-refractivity contribution in [3.8, 4) is 0 Å². The fraction of sp³-hybridized carbons (Fsp3) is 0.773. The summed E-state index contributed by atoms with van der Waals surface area (Å²) in [4.78, 5) is 29.0. The largest absolute Gasteiger partial charge is 0.357 e. The van der Waals surface area contributed by atoms with Gasteiger partial charge < -0.3 is 15.1 Å². The zero-order valence-corrected chi connectivity index (χ0v) is 20.1. The summed E-state index contributed by atoms with van der Waals surface area (Å²) < 4.78 is 0. The summed E-state index contributed by atoms with van der Waals surface area (Å²) >= 11 is 1.69. The summed E-state index contributed by atoms with van der Waals surface area (Å²) in [5.41, 5.74) is 1.20. The number of carbonyl (C=O) groups is 1. The number of nitrogens with one attached hydrogen (secondary N) is 1. The van der Waals surface area contributed by atoms with Gasteiger partial charge in [-0.05, 0) is 26.7 Å². The molecule has 0 bridgehead atoms. The SMILES string of the molecule is CCNC(=NCc1nc(C(C)(C)C)cs1)N1CCN(C(C)C(=O)N2CCCC2)CC1. The Morgan fingerprint density at radius 2 is 1.83 bits per heavy atom. The van der Waals surface area contributed by atoms with Crippen LogP contribution in [0.4, 0.5) is 0 Å². The molecule has 1 aromatic rings. The second kappa shape index (κ2) is 10.1. The lowest BCUT2D eigenvalue weighted by molar-refractivity contribution is -0.135. The molecule has 0 saturated carbocycles. The van der Waals surface area contributed by atoms with Crippen LogP contribution in [0.3, 0.4) is 0 Å². The number of aromatic nitrogens is 1. The lowest BCUT2D eigenvalue weighted by Crippen LogP contribution is -2.57. The Morgan fingerprint density at radius 3 is 2.40 bits per heavy atom. The lowest BCUT2D eigenvalue weighted by Gasteiger charge is -2.39. The number of likely N-dealkylation sites (tertiary alicyclic amines) is 1. The van der Waals surface area contributed by atoms with Crippen molar-refractivity contribution < 1.29 is 4.79 Å². The van der Waals surface area contributed by atoms with Crippen LogP contribution in [0.1, 0.15) is 58.2 Å². The molecule has 3 rings (SSSR count). The third kappa shape index (κ3) is 5.72. The van der Waals surface area contributed by atoms with Crippen molar-refractivity contribution >= 4 is 23.2 Å². The van der Waals surface area contributed by atoms with E-state index in [1.165, 1.54) is 0 Å². The van der Waals surface area contributed by atoms with Crippen molar-refractivity contribution in [2.75, 3.05) is 45.8 Å². The van der Waals surface area contributed by atoms with E-state index in [1.54, 1.807) is 11.3 Å². The van der Waals surface area contributed by atoms with Crippen LogP contribution in [0.2, 0.25) is 0 Å². The number of rotatable bonds is 5. The number of hydrogen-bond acceptors (Lipinski definition) is 5. The zero-order chi connectivity index (χ0) is 21.7. The lowest BCUT2D eigenvalue weighted by atomic mass is 9.93. The Hall–Kier alpha value is -1.67. The van der Waals surface area contributed by atoms with E-state index in [0.29, 0.717) is 12.5 Å². The first-order valence-electron chi connectivity index (χ1n) is 11.3. The van der Waals surface area contributed by atoms with Crippen LogP contribution in [0, 0.1) is 0 Å². The number of nitrogens with zero attached hydrogens (tertiary/aromatic N) is 5. The maximum absolute atomic E-state index is 12.7. The molecule has 2 aliphatic rings. The standard InChI is InChI=1S/C22H38N6OS/c1-6-23-21(24-15-19-25-18(16-30-19)22(3,4)5)28-13-11-26(12-14-28)17(2)20(29)27-9-7-8-10-27/h16-17H,6-15H2,1-5H3,(H,23,24). The maximum Gasteiger partial charge on any atom is 0.239 e. The van der Waals surface area contributed by atoms with Gasteiger partial charge in [-0.15, -0.1) is 11.3 Å². The predicted octanol–water partition coefficient (Wildman–Crippen LogP) is 2.53. The number of thiazole rings is 1. The van der Waals surface area contributed by atoms with Gasteiger partial charge in [0.1, 0.15) is 5.01 Å². The molecule has 1 N–H and O–H groups in total. The van der Waals surface area contributed by atoms with Crippen molar-refractivity contribution in [1.82, 2.24) is 25.0 Å². The van der Waals surface area contributed by atoms with Gasteiger partial charge in [0.2, 0.25) is 5.91 Å². The highest BCUT2D eigenvalue weighted by Gasteiger charge is 2.30. The van der Waals surface area contributed by atoms with Gasteiger partial charge >= 0.3 is 0 Å². The number of aliphatic imine (C=N–C) groups is 1. The van der Waals surface area contributed by atoms with Gasteiger partial charge in [-0.2, -0.15) is 0 Å².